The van der Waals surface area contributed by atoms with Crippen LogP contribution in [0.5, 0.6) is 0 Å². The van der Waals surface area contributed by atoms with Gasteiger partial charge in [-0.3, -0.25) is 9.69 Å². The van der Waals surface area contributed by atoms with Crippen molar-refractivity contribution in [3.8, 4) is 0 Å². The first-order valence-corrected chi connectivity index (χ1v) is 9.26. The number of nitrogens with two attached hydrogens (primary N) is 1. The van der Waals surface area contributed by atoms with Gasteiger partial charge in [0.25, 0.3) is 0 Å². The summed E-state index contributed by atoms with van der Waals surface area (Å²) in [6, 6.07) is 10.7. The molecule has 0 saturated heterocycles. The smallest absolute Gasteiger partial charge is 0.223 e. The van der Waals surface area contributed by atoms with E-state index in [0.717, 1.165) is 38.5 Å². The summed E-state index contributed by atoms with van der Waals surface area (Å²) >= 11 is 0. The lowest BCUT2D eigenvalue weighted by molar-refractivity contribution is -0.130. The van der Waals surface area contributed by atoms with Crippen molar-refractivity contribution in [3.05, 3.63) is 35.9 Å². The van der Waals surface area contributed by atoms with E-state index in [0.29, 0.717) is 6.54 Å². The molecule has 1 aromatic rings. The molecule has 132 valence electrons. The molecule has 0 aliphatic heterocycles. The number of nitrogens with zero attached hydrogens (tertiary/aromatic N) is 1. The number of carbonyl (C=O) groups is 1. The van der Waals surface area contributed by atoms with Crippen molar-refractivity contribution in [2.24, 2.45) is 11.7 Å². The number of nitrogens with one attached hydrogen (secondary N) is 1. The predicted octanol–water partition coefficient (Wildman–Crippen LogP) is 2.63. The molecule has 0 aromatic heterocycles. The summed E-state index contributed by atoms with van der Waals surface area (Å²) < 4.78 is 0. The van der Waals surface area contributed by atoms with Crippen LogP contribution in [0, 0.1) is 5.92 Å². The van der Waals surface area contributed by atoms with Gasteiger partial charge in [0.05, 0.1) is 5.54 Å². The van der Waals surface area contributed by atoms with Crippen LogP contribution in [0.2, 0.25) is 0 Å². The van der Waals surface area contributed by atoms with Crippen LogP contribution in [0.4, 0.5) is 0 Å². The minimum absolute atomic E-state index is 0.0428. The molecule has 0 unspecified atom stereocenters. The van der Waals surface area contributed by atoms with Crippen LogP contribution in [-0.4, -0.2) is 37.0 Å². The van der Waals surface area contributed by atoms with E-state index in [1.54, 1.807) is 0 Å². The number of carbonyl (C=O) groups excluding carboxylic acids is 1. The summed E-state index contributed by atoms with van der Waals surface area (Å²) in [7, 11) is 4.32. The molecule has 2 saturated carbocycles. The molecule has 2 fully saturated rings. The topological polar surface area (TPSA) is 58.4 Å². The Labute approximate surface area is 145 Å². The Morgan fingerprint density at radius 3 is 2.25 bits per heavy atom. The molecular formula is C20H31N3O. The molecular weight excluding hydrogens is 298 g/mol. The third kappa shape index (κ3) is 3.09. The fourth-order valence-electron chi connectivity index (χ4n) is 4.30. The molecule has 1 aromatic carbocycles. The van der Waals surface area contributed by atoms with Crippen molar-refractivity contribution >= 4 is 5.91 Å². The molecule has 0 spiro atoms. The number of hydrogen-bond acceptors (Lipinski definition) is 3. The lowest BCUT2D eigenvalue weighted by Crippen LogP contribution is -2.60. The Bertz CT molecular complexity index is 558. The van der Waals surface area contributed by atoms with Crippen molar-refractivity contribution in [2.75, 3.05) is 20.6 Å². The van der Waals surface area contributed by atoms with E-state index in [9.17, 15) is 4.79 Å². The van der Waals surface area contributed by atoms with Crippen molar-refractivity contribution in [1.29, 1.82) is 0 Å². The van der Waals surface area contributed by atoms with Gasteiger partial charge in [0.2, 0.25) is 5.91 Å². The number of amides is 1. The van der Waals surface area contributed by atoms with Gasteiger partial charge in [-0.25, -0.2) is 0 Å². The van der Waals surface area contributed by atoms with Crippen LogP contribution < -0.4 is 11.1 Å². The van der Waals surface area contributed by atoms with Crippen LogP contribution in [0.1, 0.15) is 50.5 Å². The van der Waals surface area contributed by atoms with Crippen LogP contribution in [0.15, 0.2) is 30.3 Å². The molecule has 1 amide bonds. The molecule has 0 heterocycles. The van der Waals surface area contributed by atoms with Gasteiger partial charge in [-0.15, -0.1) is 0 Å². The van der Waals surface area contributed by atoms with E-state index in [4.69, 9.17) is 5.73 Å². The third-order valence-corrected chi connectivity index (χ3v) is 6.46. The zero-order chi connectivity index (χ0) is 17.2. The number of rotatable bonds is 5. The second-order valence-corrected chi connectivity index (χ2v) is 7.89. The Morgan fingerprint density at radius 2 is 1.79 bits per heavy atom. The highest BCUT2D eigenvalue weighted by Gasteiger charge is 2.45. The summed E-state index contributed by atoms with van der Waals surface area (Å²) in [6.45, 7) is 0.532. The molecule has 2 aliphatic rings. The largest absolute Gasteiger partial charge is 0.349 e. The van der Waals surface area contributed by atoms with Gasteiger partial charge >= 0.3 is 0 Å². The maximum absolute atomic E-state index is 12.4. The van der Waals surface area contributed by atoms with E-state index in [1.807, 2.05) is 0 Å². The molecule has 0 radical (unpaired) electrons. The van der Waals surface area contributed by atoms with Gasteiger partial charge in [-0.2, -0.15) is 0 Å². The lowest BCUT2D eigenvalue weighted by atomic mass is 9.68. The average molecular weight is 329 g/mol. The van der Waals surface area contributed by atoms with E-state index in [-0.39, 0.29) is 22.9 Å². The fourth-order valence-corrected chi connectivity index (χ4v) is 4.30. The average Bonchev–Trinajstić information content (AvgIpc) is 2.54. The molecule has 0 atom stereocenters. The third-order valence-electron chi connectivity index (χ3n) is 6.46. The quantitative estimate of drug-likeness (QED) is 0.873. The van der Waals surface area contributed by atoms with E-state index >= 15 is 0 Å². The zero-order valence-electron chi connectivity index (χ0n) is 15.1. The summed E-state index contributed by atoms with van der Waals surface area (Å²) in [4.78, 5) is 14.8. The normalized spacial score (nSPS) is 30.8. The Balaban J connectivity index is 1.75. The predicted molar refractivity (Wildman–Crippen MR) is 97.5 cm³/mol. The van der Waals surface area contributed by atoms with Crippen LogP contribution >= 0.6 is 0 Å². The first-order valence-electron chi connectivity index (χ1n) is 9.26. The summed E-state index contributed by atoms with van der Waals surface area (Å²) in [5.41, 5.74) is 7.31. The van der Waals surface area contributed by atoms with E-state index < -0.39 is 0 Å². The van der Waals surface area contributed by atoms with Gasteiger partial charge in [-0.1, -0.05) is 36.8 Å². The lowest BCUT2D eigenvalue weighted by Gasteiger charge is -2.50. The first-order chi connectivity index (χ1) is 11.5. The van der Waals surface area contributed by atoms with E-state index in [1.165, 1.54) is 12.0 Å². The molecule has 4 nitrogen and oxygen atoms in total. The van der Waals surface area contributed by atoms with Crippen LogP contribution in [0.3, 0.4) is 0 Å². The van der Waals surface area contributed by atoms with Crippen molar-refractivity contribution in [3.63, 3.8) is 0 Å². The minimum Gasteiger partial charge on any atom is -0.349 e. The minimum atomic E-state index is -0.221. The Kier molecular flexibility index (Phi) is 4.97. The van der Waals surface area contributed by atoms with Gasteiger partial charge in [0.15, 0.2) is 0 Å². The summed E-state index contributed by atoms with van der Waals surface area (Å²) in [6.07, 6.45) is 7.18. The molecule has 3 N–H and O–H groups in total. The SMILES string of the molecule is CN(C)C1(c2ccccc2)CCC(CN)(NC(=O)C2CCC2)CC1. The molecule has 2 aliphatic carbocycles. The number of benzene rings is 1. The summed E-state index contributed by atoms with van der Waals surface area (Å²) in [5.74, 6) is 0.451. The van der Waals surface area contributed by atoms with Gasteiger partial charge < -0.3 is 11.1 Å². The maximum Gasteiger partial charge on any atom is 0.223 e. The highest BCUT2D eigenvalue weighted by atomic mass is 16.2. The standard InChI is InChI=1S/C20H31N3O/c1-23(2)20(17-9-4-3-5-10-17)13-11-19(15-21,12-14-20)22-18(24)16-7-6-8-16/h3-5,9-10,16H,6-8,11-15,21H2,1-2H3,(H,22,24). The van der Waals surface area contributed by atoms with Crippen molar-refractivity contribution in [1.82, 2.24) is 10.2 Å². The van der Waals surface area contributed by atoms with Crippen LogP contribution in [-0.2, 0) is 10.3 Å². The fraction of sp³-hybridized carbons (Fsp3) is 0.650. The van der Waals surface area contributed by atoms with Gasteiger partial charge in [-0.05, 0) is 58.2 Å². The molecule has 4 heteroatoms. The monoisotopic (exact) mass is 329 g/mol. The van der Waals surface area contributed by atoms with Crippen molar-refractivity contribution < 1.29 is 4.79 Å². The van der Waals surface area contributed by atoms with Crippen molar-refractivity contribution in [2.45, 2.75) is 56.0 Å². The molecule has 0 bridgehead atoms. The van der Waals surface area contributed by atoms with Gasteiger partial charge in [0.1, 0.15) is 0 Å². The molecule has 3 rings (SSSR count). The second-order valence-electron chi connectivity index (χ2n) is 7.89. The van der Waals surface area contributed by atoms with E-state index in [2.05, 4.69) is 54.6 Å². The maximum atomic E-state index is 12.4. The molecule has 24 heavy (non-hydrogen) atoms. The second kappa shape index (κ2) is 6.85. The van der Waals surface area contributed by atoms with Gasteiger partial charge in [0, 0.05) is 18.0 Å². The number of hydrogen-bond donors (Lipinski definition) is 2. The highest BCUT2D eigenvalue weighted by molar-refractivity contribution is 5.80. The van der Waals surface area contributed by atoms with Crippen LogP contribution in [0.25, 0.3) is 0 Å². The highest BCUT2D eigenvalue weighted by Crippen LogP contribution is 2.44. The Hall–Kier alpha value is -1.39. The zero-order valence-corrected chi connectivity index (χ0v) is 15.1. The summed E-state index contributed by atoms with van der Waals surface area (Å²) in [5, 5.41) is 3.33. The first kappa shape index (κ1) is 17.4. The Morgan fingerprint density at radius 1 is 1.17 bits per heavy atom.